The van der Waals surface area contributed by atoms with E-state index in [0.717, 1.165) is 57.4 Å². The number of nitrogens with zero attached hydrogens (tertiary/aromatic N) is 7. The van der Waals surface area contributed by atoms with E-state index in [4.69, 9.17) is 18.9 Å². The molecule has 0 bridgehead atoms. The lowest BCUT2D eigenvalue weighted by atomic mass is 10.0. The van der Waals surface area contributed by atoms with E-state index in [0.29, 0.717) is 37.7 Å². The van der Waals surface area contributed by atoms with Crippen LogP contribution in [0.2, 0.25) is 0 Å². The lowest BCUT2D eigenvalue weighted by Gasteiger charge is -2.32. The first kappa shape index (κ1) is 34.3. The average Bonchev–Trinajstić information content (AvgIpc) is 3.11. The van der Waals surface area contributed by atoms with Gasteiger partial charge in [0.2, 0.25) is 29.9 Å². The molecule has 2 unspecified atom stereocenters. The van der Waals surface area contributed by atoms with Gasteiger partial charge < -0.3 is 34.9 Å². The minimum Gasteiger partial charge on any atom is -0.491 e. The SMILES string of the molecule is CCOc1cc(CN2CCC(Nc3ncc(OC(C#N)C(C#N)Oc4cnc(NC5CCNCC5)nc4)cn3)CC2)cc(OCC)c1F. The highest BCUT2D eigenvalue weighted by atomic mass is 19.1. The van der Waals surface area contributed by atoms with Crippen molar-refractivity contribution in [3.8, 4) is 35.1 Å². The molecule has 3 N–H and O–H groups in total. The van der Waals surface area contributed by atoms with Crippen molar-refractivity contribution >= 4 is 11.9 Å². The summed E-state index contributed by atoms with van der Waals surface area (Å²) in [6, 6.07) is 7.88. The van der Waals surface area contributed by atoms with Crippen LogP contribution in [0.25, 0.3) is 0 Å². The first-order valence-corrected chi connectivity index (χ1v) is 16.3. The molecule has 2 aliphatic rings. The lowest BCUT2D eigenvalue weighted by molar-refractivity contribution is 0.123. The molecule has 0 radical (unpaired) electrons. The van der Waals surface area contributed by atoms with Gasteiger partial charge in [0.05, 0.1) is 38.0 Å². The highest BCUT2D eigenvalue weighted by Crippen LogP contribution is 2.30. The second-order valence-corrected chi connectivity index (χ2v) is 11.5. The zero-order chi connectivity index (χ0) is 33.7. The zero-order valence-electron chi connectivity index (χ0n) is 27.2. The third-order valence-corrected chi connectivity index (χ3v) is 7.98. The predicted molar refractivity (Wildman–Crippen MR) is 174 cm³/mol. The number of anilines is 2. The molecule has 4 heterocycles. The molecule has 2 fully saturated rings. The molecule has 2 aliphatic heterocycles. The molecule has 15 heteroatoms. The lowest BCUT2D eigenvalue weighted by Crippen LogP contribution is -2.39. The van der Waals surface area contributed by atoms with E-state index in [2.05, 4.69) is 40.8 Å². The molecule has 0 spiro atoms. The number of nitrogens with one attached hydrogen (secondary N) is 3. The highest BCUT2D eigenvalue weighted by molar-refractivity contribution is 5.41. The number of halogens is 1. The van der Waals surface area contributed by atoms with E-state index in [1.165, 1.54) is 24.8 Å². The predicted octanol–water partition coefficient (Wildman–Crippen LogP) is 3.69. The fourth-order valence-electron chi connectivity index (χ4n) is 5.57. The van der Waals surface area contributed by atoms with E-state index < -0.39 is 18.0 Å². The fraction of sp³-hybridized carbons (Fsp3) is 0.515. The second-order valence-electron chi connectivity index (χ2n) is 11.5. The molecule has 1 aromatic carbocycles. The largest absolute Gasteiger partial charge is 0.491 e. The number of rotatable bonds is 15. The van der Waals surface area contributed by atoms with Crippen LogP contribution in [0.5, 0.6) is 23.0 Å². The van der Waals surface area contributed by atoms with Crippen LogP contribution in [0.15, 0.2) is 36.9 Å². The van der Waals surface area contributed by atoms with Crippen molar-refractivity contribution in [1.82, 2.24) is 30.2 Å². The van der Waals surface area contributed by atoms with Gasteiger partial charge in [-0.3, -0.25) is 4.90 Å². The summed E-state index contributed by atoms with van der Waals surface area (Å²) in [5, 5.41) is 29.4. The molecule has 3 aromatic rings. The van der Waals surface area contributed by atoms with Crippen molar-refractivity contribution in [3.05, 3.63) is 48.3 Å². The molecule has 2 atom stereocenters. The van der Waals surface area contributed by atoms with Crippen molar-refractivity contribution in [3.63, 3.8) is 0 Å². The van der Waals surface area contributed by atoms with Gasteiger partial charge in [-0.2, -0.15) is 14.9 Å². The maximum atomic E-state index is 14.6. The van der Waals surface area contributed by atoms with E-state index in [-0.39, 0.29) is 29.0 Å². The Morgan fingerprint density at radius 3 is 1.71 bits per heavy atom. The van der Waals surface area contributed by atoms with Crippen molar-refractivity contribution in [2.75, 3.05) is 50.0 Å². The van der Waals surface area contributed by atoms with Gasteiger partial charge in [-0.05, 0) is 70.3 Å². The Kier molecular flexibility index (Phi) is 12.3. The van der Waals surface area contributed by atoms with Gasteiger partial charge in [0.15, 0.2) is 23.0 Å². The number of likely N-dealkylation sites (tertiary alicyclic amines) is 1. The standard InChI is InChI=1S/C33H41FN10O4/c1-3-45-27-13-22(14-28(31(27)34)46-4-2)21-44-11-7-24(8-12-44)43-33-40-19-26(20-41-33)48-30(16-36)29(15-35)47-25-17-38-32(39-18-25)42-23-5-9-37-10-6-23/h13-14,17-20,23-24,29-30,37H,3-12,21H2,1-2H3,(H,38,39,42)(H,40,41,43). The highest BCUT2D eigenvalue weighted by Gasteiger charge is 2.27. The van der Waals surface area contributed by atoms with Crippen LogP contribution in [-0.4, -0.2) is 88.5 Å². The Labute approximate surface area is 279 Å². The molecule has 0 amide bonds. The summed E-state index contributed by atoms with van der Waals surface area (Å²) >= 11 is 0. The van der Waals surface area contributed by atoms with Crippen molar-refractivity contribution < 1.29 is 23.3 Å². The molecule has 0 saturated carbocycles. The topological polar surface area (TPSA) is 175 Å². The number of piperidine rings is 2. The first-order chi connectivity index (χ1) is 23.5. The average molecular weight is 661 g/mol. The van der Waals surface area contributed by atoms with Gasteiger partial charge in [0.1, 0.15) is 12.1 Å². The Bertz CT molecular complexity index is 1510. The van der Waals surface area contributed by atoms with Crippen molar-refractivity contribution in [2.45, 2.75) is 70.4 Å². The Balaban J connectivity index is 1.09. The van der Waals surface area contributed by atoms with E-state index in [1.54, 1.807) is 12.1 Å². The Morgan fingerprint density at radius 2 is 1.27 bits per heavy atom. The molecule has 48 heavy (non-hydrogen) atoms. The number of ether oxygens (including phenoxy) is 4. The molecular weight excluding hydrogens is 619 g/mol. The van der Waals surface area contributed by atoms with Gasteiger partial charge in [-0.1, -0.05) is 0 Å². The summed E-state index contributed by atoms with van der Waals surface area (Å²) in [7, 11) is 0. The first-order valence-electron chi connectivity index (χ1n) is 16.3. The summed E-state index contributed by atoms with van der Waals surface area (Å²) < 4.78 is 37.0. The van der Waals surface area contributed by atoms with Crippen LogP contribution >= 0.6 is 0 Å². The molecule has 0 aliphatic carbocycles. The van der Waals surface area contributed by atoms with Crippen LogP contribution in [0.4, 0.5) is 16.3 Å². The van der Waals surface area contributed by atoms with Gasteiger partial charge in [-0.25, -0.2) is 19.9 Å². The van der Waals surface area contributed by atoms with E-state index in [1.807, 2.05) is 26.0 Å². The third-order valence-electron chi connectivity index (χ3n) is 7.98. The van der Waals surface area contributed by atoms with E-state index in [9.17, 15) is 14.9 Å². The molecular formula is C33H41FN10O4. The van der Waals surface area contributed by atoms with Gasteiger partial charge in [-0.15, -0.1) is 0 Å². The second kappa shape index (κ2) is 17.2. The quantitative estimate of drug-likeness (QED) is 0.215. The molecule has 5 rings (SSSR count). The minimum atomic E-state index is -1.25. The Morgan fingerprint density at radius 1 is 0.812 bits per heavy atom. The Hall–Kier alpha value is -4.99. The van der Waals surface area contributed by atoms with Gasteiger partial charge in [0.25, 0.3) is 0 Å². The molecule has 2 aromatic heterocycles. The van der Waals surface area contributed by atoms with Crippen LogP contribution < -0.4 is 34.9 Å². The van der Waals surface area contributed by atoms with E-state index >= 15 is 0 Å². The summed E-state index contributed by atoms with van der Waals surface area (Å²) in [5.41, 5.74) is 0.930. The van der Waals surface area contributed by atoms with Gasteiger partial charge >= 0.3 is 0 Å². The summed E-state index contributed by atoms with van der Waals surface area (Å²) in [4.78, 5) is 19.6. The van der Waals surface area contributed by atoms with Crippen LogP contribution in [0.1, 0.15) is 45.1 Å². The van der Waals surface area contributed by atoms with Crippen molar-refractivity contribution in [1.29, 1.82) is 10.5 Å². The molecule has 2 saturated heterocycles. The number of hydrogen-bond donors (Lipinski definition) is 3. The number of aromatic nitrogens is 4. The number of nitriles is 2. The van der Waals surface area contributed by atoms with Crippen LogP contribution in [-0.2, 0) is 6.54 Å². The third kappa shape index (κ3) is 9.53. The summed E-state index contributed by atoms with van der Waals surface area (Å²) in [6.45, 7) is 8.57. The maximum absolute atomic E-state index is 14.6. The van der Waals surface area contributed by atoms with Crippen LogP contribution in [0.3, 0.4) is 0 Å². The van der Waals surface area contributed by atoms with Gasteiger partial charge in [0, 0.05) is 31.7 Å². The number of hydrogen-bond acceptors (Lipinski definition) is 14. The summed E-state index contributed by atoms with van der Waals surface area (Å²) in [5.74, 6) is 1.31. The van der Waals surface area contributed by atoms with Crippen molar-refractivity contribution in [2.24, 2.45) is 0 Å². The monoisotopic (exact) mass is 660 g/mol. The zero-order valence-corrected chi connectivity index (χ0v) is 27.2. The molecule has 254 valence electrons. The smallest absolute Gasteiger partial charge is 0.234 e. The maximum Gasteiger partial charge on any atom is 0.234 e. The molecule has 14 nitrogen and oxygen atoms in total. The summed E-state index contributed by atoms with van der Waals surface area (Å²) in [6.07, 6.45) is 7.01. The fourth-order valence-corrected chi connectivity index (χ4v) is 5.57. The minimum absolute atomic E-state index is 0.158. The normalized spacial score (nSPS) is 16.9. The van der Waals surface area contributed by atoms with Crippen LogP contribution in [0, 0.1) is 28.5 Å². The number of benzene rings is 1.